The fraction of sp³-hybridized carbons (Fsp3) is 0.778. The zero-order valence-corrected chi connectivity index (χ0v) is 14.8. The molecule has 24 heavy (non-hydrogen) atoms. The molecule has 0 unspecified atom stereocenters. The van der Waals surface area contributed by atoms with E-state index < -0.39 is 0 Å². The summed E-state index contributed by atoms with van der Waals surface area (Å²) in [4.78, 5) is 17.3. The van der Waals surface area contributed by atoms with Gasteiger partial charge in [0.05, 0.1) is 5.69 Å². The van der Waals surface area contributed by atoms with E-state index in [-0.39, 0.29) is 0 Å². The van der Waals surface area contributed by atoms with Crippen LogP contribution in [-0.4, -0.2) is 60.1 Å². The molecule has 1 aliphatic carbocycles. The quantitative estimate of drug-likeness (QED) is 0.905. The maximum atomic E-state index is 12.8. The zero-order chi connectivity index (χ0) is 16.7. The first-order valence-corrected chi connectivity index (χ1v) is 9.23. The van der Waals surface area contributed by atoms with Gasteiger partial charge in [-0.05, 0) is 51.6 Å². The van der Waals surface area contributed by atoms with Gasteiger partial charge in [0.15, 0.2) is 0 Å². The molecule has 0 aromatic carbocycles. The Hall–Kier alpha value is -1.40. The van der Waals surface area contributed by atoms with Gasteiger partial charge in [0.2, 0.25) is 5.91 Å². The summed E-state index contributed by atoms with van der Waals surface area (Å²) in [7, 11) is 0. The van der Waals surface area contributed by atoms with Crippen molar-refractivity contribution in [3.05, 3.63) is 17.0 Å². The van der Waals surface area contributed by atoms with Crippen molar-refractivity contribution in [3.63, 3.8) is 0 Å². The van der Waals surface area contributed by atoms with Crippen LogP contribution in [0.2, 0.25) is 0 Å². The van der Waals surface area contributed by atoms with Gasteiger partial charge in [-0.3, -0.25) is 9.69 Å². The van der Waals surface area contributed by atoms with Gasteiger partial charge in [0.25, 0.3) is 0 Å². The molecule has 3 heterocycles. The summed E-state index contributed by atoms with van der Waals surface area (Å²) in [5, 5.41) is 7.44. The fourth-order valence-corrected chi connectivity index (χ4v) is 4.47. The minimum atomic E-state index is 0.300. The van der Waals surface area contributed by atoms with Crippen LogP contribution in [0.3, 0.4) is 0 Å². The maximum absolute atomic E-state index is 12.8. The molecule has 1 amide bonds. The minimum absolute atomic E-state index is 0.300. The van der Waals surface area contributed by atoms with Crippen LogP contribution in [0.15, 0.2) is 4.52 Å². The topological polar surface area (TPSA) is 61.6 Å². The van der Waals surface area contributed by atoms with E-state index in [0.29, 0.717) is 17.2 Å². The van der Waals surface area contributed by atoms with Gasteiger partial charge in [-0.1, -0.05) is 5.16 Å². The Balaban J connectivity index is 1.29. The van der Waals surface area contributed by atoms with Crippen molar-refractivity contribution >= 4 is 5.91 Å². The maximum Gasteiger partial charge on any atom is 0.226 e. The number of amides is 1. The lowest BCUT2D eigenvalue weighted by Crippen LogP contribution is -2.49. The molecule has 3 fully saturated rings. The molecule has 0 bridgehead atoms. The van der Waals surface area contributed by atoms with Crippen LogP contribution in [-0.2, 0) is 11.3 Å². The van der Waals surface area contributed by atoms with E-state index in [1.54, 1.807) is 0 Å². The van der Waals surface area contributed by atoms with Crippen LogP contribution in [0, 0.1) is 25.2 Å². The van der Waals surface area contributed by atoms with Crippen molar-refractivity contribution in [2.75, 3.05) is 39.3 Å². The first-order valence-electron chi connectivity index (χ1n) is 9.23. The Morgan fingerprint density at radius 2 is 1.96 bits per heavy atom. The molecular formula is C18H28N4O2. The molecule has 1 saturated carbocycles. The highest BCUT2D eigenvalue weighted by molar-refractivity contribution is 5.83. The summed E-state index contributed by atoms with van der Waals surface area (Å²) >= 11 is 0. The monoisotopic (exact) mass is 332 g/mol. The number of aromatic nitrogens is 1. The second-order valence-corrected chi connectivity index (χ2v) is 7.77. The van der Waals surface area contributed by atoms with Crippen molar-refractivity contribution in [1.29, 1.82) is 0 Å². The standard InChI is InChI=1S/C18H28N4O2/c1-13-15(14(2)24-20-13)12-21-7-9-22(10-8-21)17(23)16-11-18(16)3-5-19-6-4-18/h16,19H,3-12H2,1-2H3/t16-/m1/s1. The summed E-state index contributed by atoms with van der Waals surface area (Å²) in [6.45, 7) is 10.6. The Kier molecular flexibility index (Phi) is 4.12. The van der Waals surface area contributed by atoms with Gasteiger partial charge in [-0.2, -0.15) is 0 Å². The molecule has 1 atom stereocenters. The second-order valence-electron chi connectivity index (χ2n) is 7.77. The molecule has 4 rings (SSSR count). The van der Waals surface area contributed by atoms with E-state index in [1.807, 2.05) is 13.8 Å². The van der Waals surface area contributed by atoms with Gasteiger partial charge in [0, 0.05) is 44.2 Å². The van der Waals surface area contributed by atoms with Crippen molar-refractivity contribution in [1.82, 2.24) is 20.3 Å². The number of aryl methyl sites for hydroxylation is 2. The highest BCUT2D eigenvalue weighted by Gasteiger charge is 2.58. The lowest BCUT2D eigenvalue weighted by molar-refractivity contribution is -0.135. The molecule has 1 aromatic heterocycles. The number of piperazine rings is 1. The summed E-state index contributed by atoms with van der Waals surface area (Å²) in [5.41, 5.74) is 2.53. The summed E-state index contributed by atoms with van der Waals surface area (Å²) in [6.07, 6.45) is 3.47. The predicted molar refractivity (Wildman–Crippen MR) is 90.5 cm³/mol. The van der Waals surface area contributed by atoms with E-state index in [9.17, 15) is 4.79 Å². The van der Waals surface area contributed by atoms with Gasteiger partial charge in [-0.15, -0.1) is 0 Å². The number of carbonyl (C=O) groups is 1. The van der Waals surface area contributed by atoms with Crippen molar-refractivity contribution < 1.29 is 9.32 Å². The molecule has 1 spiro atoms. The molecule has 6 heteroatoms. The van der Waals surface area contributed by atoms with Gasteiger partial charge < -0.3 is 14.7 Å². The number of rotatable bonds is 3. The van der Waals surface area contributed by atoms with E-state index >= 15 is 0 Å². The van der Waals surface area contributed by atoms with Gasteiger partial charge in [-0.25, -0.2) is 0 Å². The fourth-order valence-electron chi connectivity index (χ4n) is 4.47. The van der Waals surface area contributed by atoms with E-state index in [2.05, 4.69) is 20.3 Å². The largest absolute Gasteiger partial charge is 0.361 e. The van der Waals surface area contributed by atoms with Crippen LogP contribution in [0.1, 0.15) is 36.3 Å². The molecule has 1 aromatic rings. The average Bonchev–Trinajstić information content (AvgIpc) is 3.20. The molecule has 0 radical (unpaired) electrons. The molecule has 3 aliphatic rings. The van der Waals surface area contributed by atoms with E-state index in [1.165, 1.54) is 18.4 Å². The number of nitrogens with zero attached hydrogens (tertiary/aromatic N) is 3. The van der Waals surface area contributed by atoms with Crippen LogP contribution in [0.25, 0.3) is 0 Å². The number of hydrogen-bond acceptors (Lipinski definition) is 5. The smallest absolute Gasteiger partial charge is 0.226 e. The van der Waals surface area contributed by atoms with Gasteiger partial charge in [0.1, 0.15) is 5.76 Å². The van der Waals surface area contributed by atoms with Crippen LogP contribution >= 0.6 is 0 Å². The predicted octanol–water partition coefficient (Wildman–Crippen LogP) is 1.33. The van der Waals surface area contributed by atoms with Crippen LogP contribution in [0.5, 0.6) is 0 Å². The third kappa shape index (κ3) is 2.86. The Morgan fingerprint density at radius 3 is 2.58 bits per heavy atom. The number of hydrogen-bond donors (Lipinski definition) is 1. The van der Waals surface area contributed by atoms with Crippen LogP contribution < -0.4 is 5.32 Å². The summed E-state index contributed by atoms with van der Waals surface area (Å²) in [5.74, 6) is 1.62. The highest BCUT2D eigenvalue weighted by Crippen LogP contribution is 2.59. The Bertz CT molecular complexity index is 593. The van der Waals surface area contributed by atoms with Crippen molar-refractivity contribution in [3.8, 4) is 0 Å². The van der Waals surface area contributed by atoms with Crippen LogP contribution in [0.4, 0.5) is 0 Å². The van der Waals surface area contributed by atoms with E-state index in [4.69, 9.17) is 4.52 Å². The highest BCUT2D eigenvalue weighted by atomic mass is 16.5. The lowest BCUT2D eigenvalue weighted by atomic mass is 9.91. The summed E-state index contributed by atoms with van der Waals surface area (Å²) < 4.78 is 5.25. The molecule has 132 valence electrons. The number of nitrogens with one attached hydrogen (secondary N) is 1. The third-order valence-corrected chi connectivity index (χ3v) is 6.33. The lowest BCUT2D eigenvalue weighted by Gasteiger charge is -2.35. The van der Waals surface area contributed by atoms with Crippen molar-refractivity contribution in [2.45, 2.75) is 39.7 Å². The first-order chi connectivity index (χ1) is 11.6. The third-order valence-electron chi connectivity index (χ3n) is 6.33. The SMILES string of the molecule is Cc1noc(C)c1CN1CCN(C(=O)[C@H]2CC23CCNCC3)CC1. The average molecular weight is 332 g/mol. The molecule has 2 aliphatic heterocycles. The minimum Gasteiger partial charge on any atom is -0.361 e. The van der Waals surface area contributed by atoms with Crippen molar-refractivity contribution in [2.24, 2.45) is 11.3 Å². The first kappa shape index (κ1) is 16.1. The molecule has 6 nitrogen and oxygen atoms in total. The number of piperidine rings is 1. The summed E-state index contributed by atoms with van der Waals surface area (Å²) in [6, 6.07) is 0. The van der Waals surface area contributed by atoms with Gasteiger partial charge >= 0.3 is 0 Å². The number of carbonyl (C=O) groups excluding carboxylic acids is 1. The molecule has 2 saturated heterocycles. The normalized spacial score (nSPS) is 26.8. The Labute approximate surface area is 143 Å². The zero-order valence-electron chi connectivity index (χ0n) is 14.8. The Morgan fingerprint density at radius 1 is 1.25 bits per heavy atom. The molecular weight excluding hydrogens is 304 g/mol. The molecule has 1 N–H and O–H groups in total. The second kappa shape index (κ2) is 6.15. The van der Waals surface area contributed by atoms with E-state index in [0.717, 1.165) is 63.7 Å².